The number of anilines is 2. The molecule has 0 radical (unpaired) electrons. The van der Waals surface area contributed by atoms with Crippen LogP contribution in [0.1, 0.15) is 44.1 Å². The average molecular weight is 422 g/mol. The minimum Gasteiger partial charge on any atom is -0.378 e. The molecule has 5 nitrogen and oxygen atoms in total. The predicted octanol–water partition coefficient (Wildman–Crippen LogP) is 4.69. The summed E-state index contributed by atoms with van der Waals surface area (Å²) in [6.07, 6.45) is 6.97. The Bertz CT molecular complexity index is 797. The van der Waals surface area contributed by atoms with Crippen molar-refractivity contribution in [1.29, 1.82) is 0 Å². The number of hydrogen-bond acceptors (Lipinski definition) is 4. The smallest absolute Gasteiger partial charge is 0.225 e. The Morgan fingerprint density at radius 3 is 2.39 bits per heavy atom. The van der Waals surface area contributed by atoms with Gasteiger partial charge in [0, 0.05) is 50.0 Å². The average Bonchev–Trinajstić information content (AvgIpc) is 2.84. The van der Waals surface area contributed by atoms with E-state index in [1.807, 2.05) is 12.1 Å². The molecule has 0 aromatic heterocycles. The second-order valence-electron chi connectivity index (χ2n) is 8.69. The van der Waals surface area contributed by atoms with E-state index in [1.54, 1.807) is 0 Å². The van der Waals surface area contributed by atoms with Crippen LogP contribution in [0.3, 0.4) is 0 Å². The highest BCUT2D eigenvalue weighted by Gasteiger charge is 2.22. The van der Waals surface area contributed by atoms with Gasteiger partial charge in [0.05, 0.1) is 13.2 Å². The summed E-state index contributed by atoms with van der Waals surface area (Å²) in [5.74, 6) is 0.0907. The third-order valence-electron chi connectivity index (χ3n) is 6.47. The summed E-state index contributed by atoms with van der Waals surface area (Å²) < 4.78 is 5.42. The summed E-state index contributed by atoms with van der Waals surface area (Å²) >= 11 is 0. The number of amides is 1. The Hall–Kier alpha value is -2.37. The number of benzene rings is 2. The summed E-state index contributed by atoms with van der Waals surface area (Å²) in [7, 11) is 0. The van der Waals surface area contributed by atoms with Crippen LogP contribution in [0.25, 0.3) is 0 Å². The van der Waals surface area contributed by atoms with Gasteiger partial charge < -0.3 is 15.0 Å². The van der Waals surface area contributed by atoms with Gasteiger partial charge >= 0.3 is 0 Å². The standard InChI is InChI=1S/C26H35N3O2/c30-26(27-23-11-13-25(14-12-23)28-17-19-31-20-18-28)15-16-29(24-9-5-2-6-10-24)21-22-7-3-1-4-8-22/h1,3-4,7-8,11-14,24H,2,5-6,9-10,15-21H2,(H,27,30). The highest BCUT2D eigenvalue weighted by atomic mass is 16.5. The van der Waals surface area contributed by atoms with E-state index in [1.165, 1.54) is 43.4 Å². The van der Waals surface area contributed by atoms with E-state index in [-0.39, 0.29) is 5.91 Å². The molecule has 2 aromatic rings. The van der Waals surface area contributed by atoms with Gasteiger partial charge in [-0.15, -0.1) is 0 Å². The minimum absolute atomic E-state index is 0.0907. The molecule has 2 aliphatic rings. The normalized spacial score (nSPS) is 17.6. The van der Waals surface area contributed by atoms with E-state index in [9.17, 15) is 4.79 Å². The maximum absolute atomic E-state index is 12.7. The molecular weight excluding hydrogens is 386 g/mol. The topological polar surface area (TPSA) is 44.8 Å². The quantitative estimate of drug-likeness (QED) is 0.672. The molecular formula is C26H35N3O2. The molecule has 166 valence electrons. The number of carbonyl (C=O) groups excluding carboxylic acids is 1. The molecule has 4 rings (SSSR count). The largest absolute Gasteiger partial charge is 0.378 e. The molecule has 2 fully saturated rings. The van der Waals surface area contributed by atoms with Gasteiger partial charge in [-0.25, -0.2) is 0 Å². The summed E-state index contributed by atoms with van der Waals surface area (Å²) in [6, 6.07) is 19.4. The van der Waals surface area contributed by atoms with Crippen LogP contribution in [0.2, 0.25) is 0 Å². The zero-order chi connectivity index (χ0) is 21.3. The summed E-state index contributed by atoms with van der Waals surface area (Å²) in [6.45, 7) is 5.12. The Balaban J connectivity index is 1.30. The molecule has 5 heteroatoms. The third-order valence-corrected chi connectivity index (χ3v) is 6.47. The monoisotopic (exact) mass is 421 g/mol. The summed E-state index contributed by atoms with van der Waals surface area (Å²) in [5, 5.41) is 3.09. The second-order valence-corrected chi connectivity index (χ2v) is 8.69. The molecule has 0 atom stereocenters. The van der Waals surface area contributed by atoms with Crippen molar-refractivity contribution in [3.8, 4) is 0 Å². The molecule has 1 saturated carbocycles. The Morgan fingerprint density at radius 2 is 1.68 bits per heavy atom. The van der Waals surface area contributed by atoms with Crippen LogP contribution >= 0.6 is 0 Å². The zero-order valence-electron chi connectivity index (χ0n) is 18.5. The van der Waals surface area contributed by atoms with E-state index < -0.39 is 0 Å². The SMILES string of the molecule is O=C(CCN(Cc1ccccc1)C1CCCCC1)Nc1ccc(N2CCOCC2)cc1. The van der Waals surface area contributed by atoms with Crippen molar-refractivity contribution in [2.45, 2.75) is 51.1 Å². The van der Waals surface area contributed by atoms with Gasteiger partial charge in [-0.1, -0.05) is 49.6 Å². The maximum atomic E-state index is 12.7. The van der Waals surface area contributed by atoms with Gasteiger partial charge in [-0.3, -0.25) is 9.69 Å². The van der Waals surface area contributed by atoms with E-state index >= 15 is 0 Å². The summed E-state index contributed by atoms with van der Waals surface area (Å²) in [5.41, 5.74) is 3.38. The number of morpholine rings is 1. The fraction of sp³-hybridized carbons (Fsp3) is 0.500. The Morgan fingerprint density at radius 1 is 0.968 bits per heavy atom. The molecule has 1 saturated heterocycles. The number of rotatable bonds is 8. The van der Waals surface area contributed by atoms with Gasteiger partial charge in [-0.2, -0.15) is 0 Å². The third kappa shape index (κ3) is 6.55. The van der Waals surface area contributed by atoms with Crippen molar-refractivity contribution in [2.75, 3.05) is 43.1 Å². The first-order chi connectivity index (χ1) is 15.3. The molecule has 0 bridgehead atoms. The van der Waals surface area contributed by atoms with E-state index in [0.717, 1.165) is 45.1 Å². The Kier molecular flexibility index (Phi) is 7.97. The molecule has 1 N–H and O–H groups in total. The van der Waals surface area contributed by atoms with Crippen molar-refractivity contribution in [2.24, 2.45) is 0 Å². The molecule has 0 unspecified atom stereocenters. The highest BCUT2D eigenvalue weighted by molar-refractivity contribution is 5.91. The lowest BCUT2D eigenvalue weighted by atomic mass is 9.93. The number of nitrogens with one attached hydrogen (secondary N) is 1. The van der Waals surface area contributed by atoms with Gasteiger partial charge in [0.1, 0.15) is 0 Å². The molecule has 2 aromatic carbocycles. The number of nitrogens with zero attached hydrogens (tertiary/aromatic N) is 2. The summed E-state index contributed by atoms with van der Waals surface area (Å²) in [4.78, 5) is 17.5. The zero-order valence-corrected chi connectivity index (χ0v) is 18.5. The number of ether oxygens (including phenoxy) is 1. The lowest BCUT2D eigenvalue weighted by Crippen LogP contribution is -2.38. The Labute approximate surface area is 186 Å². The van der Waals surface area contributed by atoms with Crippen LogP contribution in [-0.4, -0.2) is 49.7 Å². The number of hydrogen-bond donors (Lipinski definition) is 1. The molecule has 31 heavy (non-hydrogen) atoms. The van der Waals surface area contributed by atoms with Gasteiger partial charge in [-0.05, 0) is 42.7 Å². The van der Waals surface area contributed by atoms with Crippen LogP contribution in [-0.2, 0) is 16.1 Å². The second kappa shape index (κ2) is 11.3. The molecule has 1 heterocycles. The number of carbonyl (C=O) groups is 1. The van der Waals surface area contributed by atoms with Crippen molar-refractivity contribution in [3.05, 3.63) is 60.2 Å². The van der Waals surface area contributed by atoms with Gasteiger partial charge in [0.25, 0.3) is 0 Å². The van der Waals surface area contributed by atoms with Crippen molar-refractivity contribution >= 4 is 17.3 Å². The predicted molar refractivity (Wildman–Crippen MR) is 126 cm³/mol. The fourth-order valence-electron chi connectivity index (χ4n) is 4.70. The van der Waals surface area contributed by atoms with E-state index in [0.29, 0.717) is 12.5 Å². The van der Waals surface area contributed by atoms with Gasteiger partial charge in [0.2, 0.25) is 5.91 Å². The molecule has 1 aliphatic heterocycles. The first kappa shape index (κ1) is 21.8. The van der Waals surface area contributed by atoms with E-state index in [4.69, 9.17) is 4.74 Å². The van der Waals surface area contributed by atoms with Crippen LogP contribution in [0, 0.1) is 0 Å². The fourth-order valence-corrected chi connectivity index (χ4v) is 4.70. The van der Waals surface area contributed by atoms with Crippen LogP contribution in [0.5, 0.6) is 0 Å². The molecule has 1 amide bonds. The van der Waals surface area contributed by atoms with Crippen molar-refractivity contribution < 1.29 is 9.53 Å². The van der Waals surface area contributed by atoms with Crippen LogP contribution in [0.15, 0.2) is 54.6 Å². The van der Waals surface area contributed by atoms with Crippen molar-refractivity contribution in [3.63, 3.8) is 0 Å². The highest BCUT2D eigenvalue weighted by Crippen LogP contribution is 2.24. The first-order valence-electron chi connectivity index (χ1n) is 11.8. The van der Waals surface area contributed by atoms with E-state index in [2.05, 4.69) is 57.6 Å². The van der Waals surface area contributed by atoms with Crippen LogP contribution in [0.4, 0.5) is 11.4 Å². The maximum Gasteiger partial charge on any atom is 0.225 e. The first-order valence-corrected chi connectivity index (χ1v) is 11.8. The van der Waals surface area contributed by atoms with Crippen LogP contribution < -0.4 is 10.2 Å². The lowest BCUT2D eigenvalue weighted by Gasteiger charge is -2.34. The molecule has 0 spiro atoms. The lowest BCUT2D eigenvalue weighted by molar-refractivity contribution is -0.116. The minimum atomic E-state index is 0.0907. The van der Waals surface area contributed by atoms with Crippen molar-refractivity contribution in [1.82, 2.24) is 4.90 Å². The van der Waals surface area contributed by atoms with Gasteiger partial charge in [0.15, 0.2) is 0 Å². The molecule has 1 aliphatic carbocycles.